The molecule has 1 rings (SSSR count). The Balaban J connectivity index is 2.89. The van der Waals surface area contributed by atoms with Gasteiger partial charge >= 0.3 is 0 Å². The van der Waals surface area contributed by atoms with Crippen molar-refractivity contribution in [2.75, 3.05) is 13.7 Å². The third-order valence-corrected chi connectivity index (χ3v) is 2.64. The molecule has 17 heavy (non-hydrogen) atoms. The van der Waals surface area contributed by atoms with Gasteiger partial charge in [-0.15, -0.1) is 0 Å². The summed E-state index contributed by atoms with van der Waals surface area (Å²) in [5.41, 5.74) is 7.94. The molecule has 0 heterocycles. The smallest absolute Gasteiger partial charge is 0.128 e. The standard InChI is InChI=1S/C14H21NO2/c1-5-10(2)9-17-14-8-12(16-4)6-7-13(14)11(3)15/h6-8,11H,2,5,9,15H2,1,3-4H3/t11-/m1/s1. The minimum Gasteiger partial charge on any atom is -0.497 e. The highest BCUT2D eigenvalue weighted by Gasteiger charge is 2.09. The lowest BCUT2D eigenvalue weighted by Crippen LogP contribution is -2.09. The summed E-state index contributed by atoms with van der Waals surface area (Å²) in [4.78, 5) is 0. The SMILES string of the molecule is C=C(CC)COc1cc(OC)ccc1[C@@H](C)N. The Hall–Kier alpha value is -1.48. The van der Waals surface area contributed by atoms with Gasteiger partial charge in [0.25, 0.3) is 0 Å². The molecule has 0 spiro atoms. The number of methoxy groups -OCH3 is 1. The fourth-order valence-corrected chi connectivity index (χ4v) is 1.42. The van der Waals surface area contributed by atoms with Crippen molar-refractivity contribution in [2.24, 2.45) is 5.73 Å². The summed E-state index contributed by atoms with van der Waals surface area (Å²) in [7, 11) is 1.63. The van der Waals surface area contributed by atoms with Crippen molar-refractivity contribution in [1.82, 2.24) is 0 Å². The highest BCUT2D eigenvalue weighted by atomic mass is 16.5. The Morgan fingerprint density at radius 2 is 2.18 bits per heavy atom. The van der Waals surface area contributed by atoms with E-state index >= 15 is 0 Å². The molecule has 0 saturated carbocycles. The van der Waals surface area contributed by atoms with E-state index in [0.717, 1.165) is 29.1 Å². The lowest BCUT2D eigenvalue weighted by Gasteiger charge is -2.15. The predicted molar refractivity (Wildman–Crippen MR) is 70.5 cm³/mol. The van der Waals surface area contributed by atoms with E-state index in [2.05, 4.69) is 13.5 Å². The first kappa shape index (κ1) is 13.6. The van der Waals surface area contributed by atoms with E-state index in [4.69, 9.17) is 15.2 Å². The highest BCUT2D eigenvalue weighted by Crippen LogP contribution is 2.28. The largest absolute Gasteiger partial charge is 0.497 e. The highest BCUT2D eigenvalue weighted by molar-refractivity contribution is 5.42. The second-order valence-electron chi connectivity index (χ2n) is 4.08. The maximum absolute atomic E-state index is 5.90. The molecule has 0 radical (unpaired) electrons. The van der Waals surface area contributed by atoms with Crippen molar-refractivity contribution in [3.05, 3.63) is 35.9 Å². The number of rotatable bonds is 6. The average molecular weight is 235 g/mol. The second-order valence-corrected chi connectivity index (χ2v) is 4.08. The van der Waals surface area contributed by atoms with E-state index in [1.165, 1.54) is 0 Å². The molecule has 0 aliphatic heterocycles. The third kappa shape index (κ3) is 3.79. The third-order valence-electron chi connectivity index (χ3n) is 2.64. The molecule has 0 fully saturated rings. The number of benzene rings is 1. The van der Waals surface area contributed by atoms with Crippen LogP contribution in [-0.2, 0) is 0 Å². The van der Waals surface area contributed by atoms with E-state index in [0.29, 0.717) is 6.61 Å². The van der Waals surface area contributed by atoms with Crippen molar-refractivity contribution >= 4 is 0 Å². The molecular formula is C14H21NO2. The first-order chi connectivity index (χ1) is 8.08. The molecule has 3 heteroatoms. The van der Waals surface area contributed by atoms with Crippen LogP contribution >= 0.6 is 0 Å². The first-order valence-electron chi connectivity index (χ1n) is 5.81. The minimum atomic E-state index is -0.0641. The molecule has 3 nitrogen and oxygen atoms in total. The van der Waals surface area contributed by atoms with Gasteiger partial charge in [-0.05, 0) is 25.0 Å². The van der Waals surface area contributed by atoms with E-state index in [1.54, 1.807) is 7.11 Å². The van der Waals surface area contributed by atoms with Crippen molar-refractivity contribution in [1.29, 1.82) is 0 Å². The topological polar surface area (TPSA) is 44.5 Å². The van der Waals surface area contributed by atoms with Crippen LogP contribution in [0.15, 0.2) is 30.4 Å². The fourth-order valence-electron chi connectivity index (χ4n) is 1.42. The Kier molecular flexibility index (Phi) is 5.04. The minimum absolute atomic E-state index is 0.0641. The van der Waals surface area contributed by atoms with Crippen LogP contribution in [0, 0.1) is 0 Å². The predicted octanol–water partition coefficient (Wildman–Crippen LogP) is 3.06. The Morgan fingerprint density at radius 3 is 2.71 bits per heavy atom. The summed E-state index contributed by atoms with van der Waals surface area (Å²) < 4.78 is 10.9. The van der Waals surface area contributed by atoms with Crippen LogP contribution in [0.4, 0.5) is 0 Å². The molecule has 0 saturated heterocycles. The van der Waals surface area contributed by atoms with Crippen LogP contribution in [-0.4, -0.2) is 13.7 Å². The van der Waals surface area contributed by atoms with Gasteiger partial charge in [-0.25, -0.2) is 0 Å². The van der Waals surface area contributed by atoms with Gasteiger partial charge in [-0.3, -0.25) is 0 Å². The number of ether oxygens (including phenoxy) is 2. The lowest BCUT2D eigenvalue weighted by atomic mass is 10.1. The Morgan fingerprint density at radius 1 is 1.47 bits per heavy atom. The van der Waals surface area contributed by atoms with Gasteiger partial charge in [0, 0.05) is 17.7 Å². The zero-order chi connectivity index (χ0) is 12.8. The molecule has 0 unspecified atom stereocenters. The first-order valence-corrected chi connectivity index (χ1v) is 5.81. The van der Waals surface area contributed by atoms with Gasteiger partial charge in [-0.1, -0.05) is 19.6 Å². The molecule has 94 valence electrons. The summed E-state index contributed by atoms with van der Waals surface area (Å²) in [5.74, 6) is 1.54. The quantitative estimate of drug-likeness (QED) is 0.771. The van der Waals surface area contributed by atoms with Crippen molar-refractivity contribution in [3.8, 4) is 11.5 Å². The van der Waals surface area contributed by atoms with Gasteiger partial charge < -0.3 is 15.2 Å². The van der Waals surface area contributed by atoms with Crippen molar-refractivity contribution < 1.29 is 9.47 Å². The van der Waals surface area contributed by atoms with Crippen LogP contribution in [0.2, 0.25) is 0 Å². The molecule has 2 N–H and O–H groups in total. The Bertz CT molecular complexity index is 386. The zero-order valence-corrected chi connectivity index (χ0v) is 10.8. The molecule has 0 aromatic heterocycles. The van der Waals surface area contributed by atoms with Crippen LogP contribution in [0.25, 0.3) is 0 Å². The molecule has 0 bridgehead atoms. The summed E-state index contributed by atoms with van der Waals surface area (Å²) in [6.07, 6.45) is 0.914. The summed E-state index contributed by atoms with van der Waals surface area (Å²) in [6, 6.07) is 5.63. The molecular weight excluding hydrogens is 214 g/mol. The zero-order valence-electron chi connectivity index (χ0n) is 10.8. The van der Waals surface area contributed by atoms with E-state index in [1.807, 2.05) is 25.1 Å². The van der Waals surface area contributed by atoms with Crippen LogP contribution in [0.3, 0.4) is 0 Å². The van der Waals surface area contributed by atoms with Crippen LogP contribution in [0.5, 0.6) is 11.5 Å². The summed E-state index contributed by atoms with van der Waals surface area (Å²) >= 11 is 0. The number of hydrogen-bond acceptors (Lipinski definition) is 3. The summed E-state index contributed by atoms with van der Waals surface area (Å²) in [6.45, 7) is 8.43. The van der Waals surface area contributed by atoms with Gasteiger partial charge in [0.2, 0.25) is 0 Å². The molecule has 0 aliphatic carbocycles. The van der Waals surface area contributed by atoms with Gasteiger partial charge in [0.1, 0.15) is 18.1 Å². The maximum Gasteiger partial charge on any atom is 0.128 e. The molecule has 0 amide bonds. The number of hydrogen-bond donors (Lipinski definition) is 1. The van der Waals surface area contributed by atoms with E-state index < -0.39 is 0 Å². The Labute approximate surface area is 103 Å². The van der Waals surface area contributed by atoms with E-state index in [-0.39, 0.29) is 6.04 Å². The van der Waals surface area contributed by atoms with Crippen LogP contribution < -0.4 is 15.2 Å². The number of nitrogens with two attached hydrogens (primary N) is 1. The van der Waals surface area contributed by atoms with Crippen molar-refractivity contribution in [3.63, 3.8) is 0 Å². The van der Waals surface area contributed by atoms with E-state index in [9.17, 15) is 0 Å². The maximum atomic E-state index is 5.90. The van der Waals surface area contributed by atoms with Crippen molar-refractivity contribution in [2.45, 2.75) is 26.3 Å². The molecule has 1 aromatic rings. The summed E-state index contributed by atoms with van der Waals surface area (Å²) in [5, 5.41) is 0. The van der Waals surface area contributed by atoms with Gasteiger partial charge in [0.05, 0.1) is 7.11 Å². The molecule has 1 atom stereocenters. The molecule has 0 aliphatic rings. The second kappa shape index (κ2) is 6.30. The normalized spacial score (nSPS) is 12.0. The lowest BCUT2D eigenvalue weighted by molar-refractivity contribution is 0.339. The average Bonchev–Trinajstić information content (AvgIpc) is 2.35. The molecule has 1 aromatic carbocycles. The van der Waals surface area contributed by atoms with Crippen LogP contribution in [0.1, 0.15) is 31.9 Å². The fraction of sp³-hybridized carbons (Fsp3) is 0.429. The van der Waals surface area contributed by atoms with Gasteiger partial charge in [0.15, 0.2) is 0 Å². The monoisotopic (exact) mass is 235 g/mol. The van der Waals surface area contributed by atoms with Gasteiger partial charge in [-0.2, -0.15) is 0 Å².